The first kappa shape index (κ1) is 17.8. The Balaban J connectivity index is 0.00000200. The van der Waals surface area contributed by atoms with Crippen molar-refractivity contribution in [1.82, 2.24) is 4.90 Å². The van der Waals surface area contributed by atoms with Crippen molar-refractivity contribution in [1.29, 1.82) is 0 Å². The van der Waals surface area contributed by atoms with Gasteiger partial charge >= 0.3 is 0 Å². The lowest BCUT2D eigenvalue weighted by atomic mass is 9.82. The minimum atomic E-state index is 0. The molecule has 0 aromatic heterocycles. The molecule has 2 N–H and O–H groups in total. The number of hydrogen-bond acceptors (Lipinski definition) is 2. The van der Waals surface area contributed by atoms with Crippen LogP contribution >= 0.6 is 12.4 Å². The molecule has 1 aliphatic heterocycles. The first-order valence-electron chi connectivity index (χ1n) is 8.01. The van der Waals surface area contributed by atoms with Crippen LogP contribution in [-0.4, -0.2) is 29.9 Å². The minimum Gasteiger partial charge on any atom is -0.343 e. The molecule has 0 aromatic carbocycles. The third-order valence-electron chi connectivity index (χ3n) is 5.10. The molecular weight excluding hydrogens is 272 g/mol. The smallest absolute Gasteiger partial charge is 0.222 e. The number of likely N-dealkylation sites (tertiary alicyclic amines) is 1. The fraction of sp³-hybridized carbons (Fsp3) is 0.938. The van der Waals surface area contributed by atoms with Gasteiger partial charge < -0.3 is 10.6 Å². The van der Waals surface area contributed by atoms with E-state index in [2.05, 4.69) is 18.7 Å². The predicted molar refractivity (Wildman–Crippen MR) is 86.0 cm³/mol. The summed E-state index contributed by atoms with van der Waals surface area (Å²) in [7, 11) is 0. The SMILES string of the molecule is CC1(C)CCCN(C(=O)CC2CCCCC2N)CC1.Cl. The molecule has 2 aliphatic rings. The van der Waals surface area contributed by atoms with Crippen molar-refractivity contribution >= 4 is 18.3 Å². The molecule has 4 heteroatoms. The van der Waals surface area contributed by atoms with E-state index < -0.39 is 0 Å². The second-order valence-electron chi connectivity index (χ2n) is 7.31. The third-order valence-corrected chi connectivity index (χ3v) is 5.10. The normalized spacial score (nSPS) is 30.2. The summed E-state index contributed by atoms with van der Waals surface area (Å²) in [4.78, 5) is 14.5. The van der Waals surface area contributed by atoms with E-state index in [0.29, 0.717) is 23.7 Å². The molecule has 1 saturated heterocycles. The number of rotatable bonds is 2. The van der Waals surface area contributed by atoms with Crippen LogP contribution in [-0.2, 0) is 4.79 Å². The highest BCUT2D eigenvalue weighted by Gasteiger charge is 2.29. The van der Waals surface area contributed by atoms with Gasteiger partial charge in [-0.05, 0) is 43.4 Å². The van der Waals surface area contributed by atoms with Gasteiger partial charge in [-0.15, -0.1) is 12.4 Å². The predicted octanol–water partition coefficient (Wildman–Crippen LogP) is 3.35. The van der Waals surface area contributed by atoms with Crippen molar-refractivity contribution in [2.45, 2.75) is 71.3 Å². The molecule has 1 saturated carbocycles. The van der Waals surface area contributed by atoms with E-state index in [0.717, 1.165) is 38.8 Å². The Bertz CT molecular complexity index is 320. The maximum atomic E-state index is 12.4. The molecule has 0 bridgehead atoms. The van der Waals surface area contributed by atoms with Crippen molar-refractivity contribution in [3.8, 4) is 0 Å². The number of halogens is 1. The van der Waals surface area contributed by atoms with Gasteiger partial charge in [0.1, 0.15) is 0 Å². The summed E-state index contributed by atoms with van der Waals surface area (Å²) in [5, 5.41) is 0. The zero-order valence-electron chi connectivity index (χ0n) is 13.1. The lowest BCUT2D eigenvalue weighted by Gasteiger charge is -2.30. The minimum absolute atomic E-state index is 0. The van der Waals surface area contributed by atoms with E-state index in [1.807, 2.05) is 0 Å². The van der Waals surface area contributed by atoms with Crippen molar-refractivity contribution in [3.05, 3.63) is 0 Å². The summed E-state index contributed by atoms with van der Waals surface area (Å²) in [6.07, 6.45) is 8.94. The van der Waals surface area contributed by atoms with E-state index in [1.54, 1.807) is 0 Å². The Hall–Kier alpha value is -0.280. The van der Waals surface area contributed by atoms with E-state index in [4.69, 9.17) is 5.73 Å². The molecule has 2 atom stereocenters. The van der Waals surface area contributed by atoms with Gasteiger partial charge in [-0.3, -0.25) is 4.79 Å². The van der Waals surface area contributed by atoms with Crippen LogP contribution in [0, 0.1) is 11.3 Å². The maximum Gasteiger partial charge on any atom is 0.222 e. The molecule has 1 amide bonds. The molecule has 2 fully saturated rings. The van der Waals surface area contributed by atoms with Crippen LogP contribution in [0.15, 0.2) is 0 Å². The van der Waals surface area contributed by atoms with Gasteiger partial charge in [0.15, 0.2) is 0 Å². The molecule has 2 unspecified atom stereocenters. The quantitative estimate of drug-likeness (QED) is 0.850. The number of carbonyl (C=O) groups is 1. The number of nitrogens with zero attached hydrogens (tertiary/aromatic N) is 1. The molecular formula is C16H31ClN2O. The van der Waals surface area contributed by atoms with Crippen LogP contribution < -0.4 is 5.73 Å². The van der Waals surface area contributed by atoms with Crippen LogP contribution in [0.25, 0.3) is 0 Å². The fourth-order valence-corrected chi connectivity index (χ4v) is 3.52. The zero-order valence-corrected chi connectivity index (χ0v) is 13.9. The van der Waals surface area contributed by atoms with Crippen LogP contribution in [0.2, 0.25) is 0 Å². The van der Waals surface area contributed by atoms with E-state index in [-0.39, 0.29) is 18.4 Å². The second kappa shape index (κ2) is 7.65. The van der Waals surface area contributed by atoms with Gasteiger partial charge in [0.05, 0.1) is 0 Å². The second-order valence-corrected chi connectivity index (χ2v) is 7.31. The molecule has 0 aromatic rings. The molecule has 0 radical (unpaired) electrons. The number of nitrogens with two attached hydrogens (primary N) is 1. The average Bonchev–Trinajstić information content (AvgIpc) is 2.53. The highest BCUT2D eigenvalue weighted by atomic mass is 35.5. The Morgan fingerprint density at radius 3 is 2.55 bits per heavy atom. The fourth-order valence-electron chi connectivity index (χ4n) is 3.52. The summed E-state index contributed by atoms with van der Waals surface area (Å²) < 4.78 is 0. The number of amides is 1. The molecule has 118 valence electrons. The van der Waals surface area contributed by atoms with E-state index in [1.165, 1.54) is 19.3 Å². The Kier molecular flexibility index (Phi) is 6.80. The van der Waals surface area contributed by atoms with Crippen molar-refractivity contribution in [2.24, 2.45) is 17.1 Å². The molecule has 20 heavy (non-hydrogen) atoms. The highest BCUT2D eigenvalue weighted by Crippen LogP contribution is 2.31. The van der Waals surface area contributed by atoms with Crippen LogP contribution in [0.3, 0.4) is 0 Å². The summed E-state index contributed by atoms with van der Waals surface area (Å²) in [5.74, 6) is 0.776. The topological polar surface area (TPSA) is 46.3 Å². The number of carbonyl (C=O) groups excluding carboxylic acids is 1. The molecule has 1 aliphatic carbocycles. The third kappa shape index (κ3) is 4.92. The largest absolute Gasteiger partial charge is 0.343 e. The lowest BCUT2D eigenvalue weighted by molar-refractivity contribution is -0.132. The van der Waals surface area contributed by atoms with E-state index >= 15 is 0 Å². The van der Waals surface area contributed by atoms with Crippen molar-refractivity contribution < 1.29 is 4.79 Å². The van der Waals surface area contributed by atoms with Crippen molar-refractivity contribution in [3.63, 3.8) is 0 Å². The van der Waals surface area contributed by atoms with Crippen LogP contribution in [0.5, 0.6) is 0 Å². The number of hydrogen-bond donors (Lipinski definition) is 1. The Morgan fingerprint density at radius 2 is 1.85 bits per heavy atom. The van der Waals surface area contributed by atoms with Gasteiger partial charge in [0.25, 0.3) is 0 Å². The molecule has 0 spiro atoms. The monoisotopic (exact) mass is 302 g/mol. The summed E-state index contributed by atoms with van der Waals surface area (Å²) >= 11 is 0. The van der Waals surface area contributed by atoms with Gasteiger partial charge in [-0.1, -0.05) is 26.7 Å². The summed E-state index contributed by atoms with van der Waals surface area (Å²) in [5.41, 5.74) is 6.56. The first-order chi connectivity index (χ1) is 8.98. The van der Waals surface area contributed by atoms with Crippen molar-refractivity contribution in [2.75, 3.05) is 13.1 Å². The zero-order chi connectivity index (χ0) is 13.9. The Labute approximate surface area is 130 Å². The molecule has 1 heterocycles. The summed E-state index contributed by atoms with van der Waals surface area (Å²) in [6.45, 7) is 6.52. The van der Waals surface area contributed by atoms with Crippen LogP contribution in [0.4, 0.5) is 0 Å². The lowest BCUT2D eigenvalue weighted by Crippen LogP contribution is -2.39. The summed E-state index contributed by atoms with van der Waals surface area (Å²) in [6, 6.07) is 0.251. The van der Waals surface area contributed by atoms with Gasteiger partial charge in [0, 0.05) is 25.6 Å². The maximum absolute atomic E-state index is 12.4. The van der Waals surface area contributed by atoms with Gasteiger partial charge in [-0.25, -0.2) is 0 Å². The first-order valence-corrected chi connectivity index (χ1v) is 8.01. The molecule has 2 rings (SSSR count). The highest BCUT2D eigenvalue weighted by molar-refractivity contribution is 5.85. The van der Waals surface area contributed by atoms with Gasteiger partial charge in [-0.2, -0.15) is 0 Å². The van der Waals surface area contributed by atoms with Crippen LogP contribution in [0.1, 0.15) is 65.2 Å². The molecule has 3 nitrogen and oxygen atoms in total. The standard InChI is InChI=1S/C16H30N2O.ClH/c1-16(2)8-5-10-18(11-9-16)15(19)12-13-6-3-4-7-14(13)17;/h13-14H,3-12,17H2,1-2H3;1H. The Morgan fingerprint density at radius 1 is 1.15 bits per heavy atom. The average molecular weight is 303 g/mol. The van der Waals surface area contributed by atoms with Gasteiger partial charge in [0.2, 0.25) is 5.91 Å². The van der Waals surface area contributed by atoms with E-state index in [9.17, 15) is 4.79 Å².